The number of benzene rings is 1. The summed E-state index contributed by atoms with van der Waals surface area (Å²) in [6.45, 7) is 4.47. The third-order valence-electron chi connectivity index (χ3n) is 6.63. The Morgan fingerprint density at radius 2 is 1.94 bits per heavy atom. The number of esters is 1. The topological polar surface area (TPSA) is 102 Å². The Morgan fingerprint density at radius 3 is 2.76 bits per heavy atom. The van der Waals surface area contributed by atoms with Crippen molar-refractivity contribution in [1.82, 2.24) is 19.5 Å². The molecule has 0 aliphatic carbocycles. The first-order valence-electron chi connectivity index (χ1n) is 12.2. The minimum atomic E-state index is -0.365. The summed E-state index contributed by atoms with van der Waals surface area (Å²) in [7, 11) is 0. The Kier molecular flexibility index (Phi) is 6.42. The molecule has 1 atom stereocenters. The van der Waals surface area contributed by atoms with Crippen LogP contribution in [-0.4, -0.2) is 51.1 Å². The highest BCUT2D eigenvalue weighted by Gasteiger charge is 2.29. The molecule has 1 N–H and O–H groups in total. The average Bonchev–Trinajstić information content (AvgIpc) is 3.05. The van der Waals surface area contributed by atoms with E-state index in [0.29, 0.717) is 24.4 Å². The number of anilines is 2. The minimum absolute atomic E-state index is 0.0282. The van der Waals surface area contributed by atoms with E-state index in [0.717, 1.165) is 68.0 Å². The zero-order valence-electron chi connectivity index (χ0n) is 19.5. The van der Waals surface area contributed by atoms with Gasteiger partial charge >= 0.3 is 5.97 Å². The van der Waals surface area contributed by atoms with E-state index in [4.69, 9.17) is 9.72 Å². The summed E-state index contributed by atoms with van der Waals surface area (Å²) < 4.78 is 7.25. The van der Waals surface area contributed by atoms with Gasteiger partial charge in [0.05, 0.1) is 18.1 Å². The number of hydrogen-bond acceptors (Lipinski definition) is 7. The van der Waals surface area contributed by atoms with Crippen LogP contribution in [0.4, 0.5) is 11.5 Å². The van der Waals surface area contributed by atoms with Crippen LogP contribution < -0.4 is 10.2 Å². The summed E-state index contributed by atoms with van der Waals surface area (Å²) >= 11 is 0. The van der Waals surface area contributed by atoms with Crippen molar-refractivity contribution in [3.63, 3.8) is 0 Å². The molecule has 1 unspecified atom stereocenters. The molecule has 0 radical (unpaired) electrons. The number of imidazole rings is 1. The minimum Gasteiger partial charge on any atom is -0.462 e. The molecular formula is C25H30N6O3. The second-order valence-electron chi connectivity index (χ2n) is 8.93. The summed E-state index contributed by atoms with van der Waals surface area (Å²) in [5.41, 5.74) is 2.87. The monoisotopic (exact) mass is 462 g/mol. The third-order valence-corrected chi connectivity index (χ3v) is 6.63. The van der Waals surface area contributed by atoms with Crippen LogP contribution >= 0.6 is 0 Å². The maximum Gasteiger partial charge on any atom is 0.338 e. The van der Waals surface area contributed by atoms with E-state index in [-0.39, 0.29) is 17.8 Å². The van der Waals surface area contributed by atoms with E-state index < -0.39 is 0 Å². The highest BCUT2D eigenvalue weighted by atomic mass is 16.5. The quantitative estimate of drug-likeness (QED) is 0.578. The summed E-state index contributed by atoms with van der Waals surface area (Å²) in [5, 5.41) is 3.00. The molecule has 178 valence electrons. The molecule has 0 saturated carbocycles. The fraction of sp³-hybridized carbons (Fsp3) is 0.480. The van der Waals surface area contributed by atoms with Gasteiger partial charge in [-0.1, -0.05) is 6.42 Å². The number of carbonyl (C=O) groups is 2. The molecule has 2 aromatic heterocycles. The van der Waals surface area contributed by atoms with Crippen LogP contribution in [0, 0.1) is 5.92 Å². The SMILES string of the molecule is CCOC(=O)c1ccc(NC(=O)C2CCCN(c3ncnc4c3nc3n4CCCCC3)C2)cc1. The second kappa shape index (κ2) is 9.79. The van der Waals surface area contributed by atoms with Crippen molar-refractivity contribution in [3.05, 3.63) is 42.0 Å². The molecule has 1 fully saturated rings. The lowest BCUT2D eigenvalue weighted by Gasteiger charge is -2.32. The average molecular weight is 463 g/mol. The van der Waals surface area contributed by atoms with Gasteiger partial charge in [-0.25, -0.2) is 19.7 Å². The molecule has 2 aliphatic heterocycles. The van der Waals surface area contributed by atoms with Gasteiger partial charge in [0.25, 0.3) is 0 Å². The Bertz CT molecular complexity index is 1190. The summed E-state index contributed by atoms with van der Waals surface area (Å²) in [6, 6.07) is 6.80. The fourth-order valence-corrected chi connectivity index (χ4v) is 4.89. The lowest BCUT2D eigenvalue weighted by molar-refractivity contribution is -0.120. The molecule has 9 nitrogen and oxygen atoms in total. The molecule has 0 bridgehead atoms. The third kappa shape index (κ3) is 4.47. The van der Waals surface area contributed by atoms with Crippen molar-refractivity contribution in [2.24, 2.45) is 5.92 Å². The van der Waals surface area contributed by atoms with E-state index in [1.807, 2.05) is 0 Å². The standard InChI is InChI=1S/C25H30N6O3/c1-2-34-25(33)17-9-11-19(12-10-17)28-24(32)18-7-6-13-30(15-18)22-21-23(27-16-26-22)31-14-5-3-4-8-20(31)29-21/h9-12,16,18H,2-8,13-15H2,1H3,(H,28,32). The summed E-state index contributed by atoms with van der Waals surface area (Å²) in [4.78, 5) is 41.1. The first-order chi connectivity index (χ1) is 16.6. The van der Waals surface area contributed by atoms with Crippen molar-refractivity contribution < 1.29 is 14.3 Å². The first-order valence-corrected chi connectivity index (χ1v) is 12.2. The van der Waals surface area contributed by atoms with Gasteiger partial charge in [-0.3, -0.25) is 4.79 Å². The van der Waals surface area contributed by atoms with Crippen molar-refractivity contribution in [2.45, 2.75) is 52.0 Å². The van der Waals surface area contributed by atoms with E-state index in [2.05, 4.69) is 24.8 Å². The zero-order valence-corrected chi connectivity index (χ0v) is 19.5. The molecule has 1 aromatic carbocycles. The number of ether oxygens (including phenoxy) is 1. The number of aromatic nitrogens is 4. The van der Waals surface area contributed by atoms with Crippen molar-refractivity contribution >= 4 is 34.5 Å². The maximum atomic E-state index is 13.0. The Labute approximate surface area is 198 Å². The van der Waals surface area contributed by atoms with Crippen molar-refractivity contribution in [3.8, 4) is 0 Å². The van der Waals surface area contributed by atoms with Gasteiger partial charge in [-0.05, 0) is 56.9 Å². The number of rotatable bonds is 5. The van der Waals surface area contributed by atoms with E-state index in [1.54, 1.807) is 37.5 Å². The second-order valence-corrected chi connectivity index (χ2v) is 8.93. The van der Waals surface area contributed by atoms with Gasteiger partial charge in [-0.2, -0.15) is 0 Å². The predicted molar refractivity (Wildman–Crippen MR) is 129 cm³/mol. The number of nitrogens with zero attached hydrogens (tertiary/aromatic N) is 5. The van der Waals surface area contributed by atoms with Crippen LogP contribution in [0.2, 0.25) is 0 Å². The zero-order chi connectivity index (χ0) is 23.5. The smallest absolute Gasteiger partial charge is 0.338 e. The highest BCUT2D eigenvalue weighted by Crippen LogP contribution is 2.29. The fourth-order valence-electron chi connectivity index (χ4n) is 4.89. The molecule has 0 spiro atoms. The maximum absolute atomic E-state index is 13.0. The molecule has 3 aromatic rings. The highest BCUT2D eigenvalue weighted by molar-refractivity contribution is 5.95. The van der Waals surface area contributed by atoms with Gasteiger partial charge in [0.2, 0.25) is 5.91 Å². The Hall–Kier alpha value is -3.49. The largest absolute Gasteiger partial charge is 0.462 e. The number of amides is 1. The van der Waals surface area contributed by atoms with Crippen molar-refractivity contribution in [1.29, 1.82) is 0 Å². The Balaban J connectivity index is 1.30. The number of carbonyl (C=O) groups excluding carboxylic acids is 2. The normalized spacial score (nSPS) is 18.3. The molecule has 9 heteroatoms. The molecule has 5 rings (SSSR count). The molecule has 1 saturated heterocycles. The van der Waals surface area contributed by atoms with Gasteiger partial charge in [0.1, 0.15) is 12.2 Å². The molecule has 2 aliphatic rings. The number of nitrogens with one attached hydrogen (secondary N) is 1. The van der Waals surface area contributed by atoms with Crippen LogP contribution in [-0.2, 0) is 22.5 Å². The van der Waals surface area contributed by atoms with Gasteiger partial charge in [0.15, 0.2) is 17.0 Å². The number of hydrogen-bond donors (Lipinski definition) is 1. The van der Waals surface area contributed by atoms with Crippen LogP contribution in [0.3, 0.4) is 0 Å². The predicted octanol–water partition coefficient (Wildman–Crippen LogP) is 3.58. The van der Waals surface area contributed by atoms with Gasteiger partial charge < -0.3 is 19.5 Å². The van der Waals surface area contributed by atoms with E-state index in [9.17, 15) is 9.59 Å². The van der Waals surface area contributed by atoms with E-state index in [1.165, 1.54) is 6.42 Å². The van der Waals surface area contributed by atoms with E-state index >= 15 is 0 Å². The van der Waals surface area contributed by atoms with Crippen LogP contribution in [0.1, 0.15) is 55.2 Å². The lowest BCUT2D eigenvalue weighted by atomic mass is 9.97. The summed E-state index contributed by atoms with van der Waals surface area (Å²) in [6.07, 6.45) is 7.82. The molecular weight excluding hydrogens is 432 g/mol. The lowest BCUT2D eigenvalue weighted by Crippen LogP contribution is -2.41. The first kappa shape index (κ1) is 22.3. The molecule has 34 heavy (non-hydrogen) atoms. The van der Waals surface area contributed by atoms with Crippen LogP contribution in [0.25, 0.3) is 11.2 Å². The summed E-state index contributed by atoms with van der Waals surface area (Å²) in [5.74, 6) is 1.35. The number of fused-ring (bicyclic) bond motifs is 3. The Morgan fingerprint density at radius 1 is 1.09 bits per heavy atom. The number of aryl methyl sites for hydroxylation is 2. The number of piperidine rings is 1. The van der Waals surface area contributed by atoms with Crippen LogP contribution in [0.15, 0.2) is 30.6 Å². The van der Waals surface area contributed by atoms with Crippen LogP contribution in [0.5, 0.6) is 0 Å². The molecule has 1 amide bonds. The van der Waals surface area contributed by atoms with Crippen molar-refractivity contribution in [2.75, 3.05) is 29.9 Å². The van der Waals surface area contributed by atoms with Gasteiger partial charge in [-0.15, -0.1) is 0 Å². The molecule has 4 heterocycles. The van der Waals surface area contributed by atoms with Gasteiger partial charge in [0, 0.05) is 31.7 Å².